The Labute approximate surface area is 173 Å². The van der Waals surface area contributed by atoms with E-state index in [9.17, 15) is 9.59 Å². The Hall–Kier alpha value is -2.66. The van der Waals surface area contributed by atoms with E-state index in [2.05, 4.69) is 17.0 Å². The van der Waals surface area contributed by atoms with Crippen LogP contribution in [0.3, 0.4) is 0 Å². The molecule has 0 aromatic heterocycles. The predicted molar refractivity (Wildman–Crippen MR) is 115 cm³/mol. The third-order valence-electron chi connectivity index (χ3n) is 5.57. The van der Waals surface area contributed by atoms with E-state index in [4.69, 9.17) is 0 Å². The number of likely N-dealkylation sites (N-methyl/N-ethyl adjacent to an activating group) is 1. The summed E-state index contributed by atoms with van der Waals surface area (Å²) in [7, 11) is 4.03. The summed E-state index contributed by atoms with van der Waals surface area (Å²) >= 11 is 0. The Kier molecular flexibility index (Phi) is 7.04. The first-order valence-corrected chi connectivity index (χ1v) is 10.3. The van der Waals surface area contributed by atoms with E-state index in [1.165, 1.54) is 5.56 Å². The van der Waals surface area contributed by atoms with Gasteiger partial charge in [0.25, 0.3) is 0 Å². The Balaban J connectivity index is 1.81. The molecule has 154 valence electrons. The molecule has 2 aromatic carbocycles. The van der Waals surface area contributed by atoms with Crippen molar-refractivity contribution in [2.45, 2.75) is 32.4 Å². The third kappa shape index (κ3) is 5.45. The van der Waals surface area contributed by atoms with E-state index in [0.717, 1.165) is 24.1 Å². The number of hydrogen-bond acceptors (Lipinski definition) is 3. The number of amides is 2. The highest BCUT2D eigenvalue weighted by molar-refractivity contribution is 5.80. The average Bonchev–Trinajstić information content (AvgIpc) is 2.71. The Morgan fingerprint density at radius 2 is 1.69 bits per heavy atom. The van der Waals surface area contributed by atoms with Gasteiger partial charge in [-0.05, 0) is 37.2 Å². The summed E-state index contributed by atoms with van der Waals surface area (Å²) < 4.78 is 0. The maximum absolute atomic E-state index is 13.4. The molecule has 5 nitrogen and oxygen atoms in total. The van der Waals surface area contributed by atoms with Crippen molar-refractivity contribution in [2.75, 3.05) is 33.7 Å². The summed E-state index contributed by atoms with van der Waals surface area (Å²) in [6.07, 6.45) is 1.16. The molecule has 0 fully saturated rings. The summed E-state index contributed by atoms with van der Waals surface area (Å²) in [6, 6.07) is 18.1. The molecule has 0 aliphatic carbocycles. The van der Waals surface area contributed by atoms with Crippen molar-refractivity contribution in [3.63, 3.8) is 0 Å². The molecule has 1 heterocycles. The summed E-state index contributed by atoms with van der Waals surface area (Å²) in [5, 5.41) is 0. The molecule has 2 aromatic rings. The third-order valence-corrected chi connectivity index (χ3v) is 5.57. The number of nitrogens with zero attached hydrogens (tertiary/aromatic N) is 3. The van der Waals surface area contributed by atoms with Crippen molar-refractivity contribution < 1.29 is 9.59 Å². The largest absolute Gasteiger partial charge is 0.337 e. The standard InChI is InChI=1S/C24H31N3O2/c1-19(28)27-14-13-21-11-7-8-12-22(21)23(27)17-24(29)26(16-15-25(2)3)18-20-9-5-4-6-10-20/h4-12,23H,13-18H2,1-3H3. The molecule has 0 bridgehead atoms. The van der Waals surface area contributed by atoms with Gasteiger partial charge in [-0.15, -0.1) is 0 Å². The number of benzene rings is 2. The molecule has 29 heavy (non-hydrogen) atoms. The molecule has 3 rings (SSSR count). The van der Waals surface area contributed by atoms with Gasteiger partial charge in [-0.25, -0.2) is 0 Å². The fraction of sp³-hybridized carbons (Fsp3) is 0.417. The zero-order chi connectivity index (χ0) is 20.8. The molecule has 1 aliphatic heterocycles. The summed E-state index contributed by atoms with van der Waals surface area (Å²) in [5.41, 5.74) is 3.47. The van der Waals surface area contributed by atoms with Crippen LogP contribution in [0.5, 0.6) is 0 Å². The van der Waals surface area contributed by atoms with E-state index < -0.39 is 0 Å². The molecular formula is C24H31N3O2. The van der Waals surface area contributed by atoms with Crippen molar-refractivity contribution in [3.8, 4) is 0 Å². The number of rotatable bonds is 7. The average molecular weight is 394 g/mol. The lowest BCUT2D eigenvalue weighted by atomic mass is 9.90. The van der Waals surface area contributed by atoms with Crippen molar-refractivity contribution in [1.29, 1.82) is 0 Å². The van der Waals surface area contributed by atoms with E-state index in [0.29, 0.717) is 26.1 Å². The molecule has 1 unspecified atom stereocenters. The smallest absolute Gasteiger partial charge is 0.225 e. The zero-order valence-corrected chi connectivity index (χ0v) is 17.7. The summed E-state index contributed by atoms with van der Waals surface area (Å²) in [6.45, 7) is 4.31. The number of carbonyl (C=O) groups is 2. The fourth-order valence-electron chi connectivity index (χ4n) is 3.96. The van der Waals surface area contributed by atoms with Crippen LogP contribution < -0.4 is 0 Å². The normalized spacial score (nSPS) is 15.9. The molecule has 0 saturated heterocycles. The van der Waals surface area contributed by atoms with Crippen LogP contribution >= 0.6 is 0 Å². The van der Waals surface area contributed by atoms with Gasteiger partial charge < -0.3 is 14.7 Å². The lowest BCUT2D eigenvalue weighted by Crippen LogP contribution is -2.43. The lowest BCUT2D eigenvalue weighted by molar-refractivity contribution is -0.137. The SMILES string of the molecule is CC(=O)N1CCc2ccccc2C1CC(=O)N(CCN(C)C)Cc1ccccc1. The van der Waals surface area contributed by atoms with E-state index >= 15 is 0 Å². The number of carbonyl (C=O) groups excluding carboxylic acids is 2. The molecule has 0 N–H and O–H groups in total. The van der Waals surface area contributed by atoms with Gasteiger partial charge in [-0.3, -0.25) is 9.59 Å². The number of hydrogen-bond donors (Lipinski definition) is 0. The molecule has 1 atom stereocenters. The monoisotopic (exact) mass is 393 g/mol. The van der Waals surface area contributed by atoms with Gasteiger partial charge in [0.05, 0.1) is 12.5 Å². The fourth-order valence-corrected chi connectivity index (χ4v) is 3.96. The Bertz CT molecular complexity index is 835. The van der Waals surface area contributed by atoms with Crippen LogP contribution in [-0.2, 0) is 22.6 Å². The second-order valence-corrected chi connectivity index (χ2v) is 7.99. The first kappa shape index (κ1) is 21.1. The van der Waals surface area contributed by atoms with Crippen molar-refractivity contribution in [1.82, 2.24) is 14.7 Å². The van der Waals surface area contributed by atoms with E-state index in [1.54, 1.807) is 6.92 Å². The van der Waals surface area contributed by atoms with Crippen LogP contribution in [0.4, 0.5) is 0 Å². The highest BCUT2D eigenvalue weighted by Crippen LogP contribution is 2.33. The maximum atomic E-state index is 13.4. The Morgan fingerprint density at radius 3 is 2.38 bits per heavy atom. The van der Waals surface area contributed by atoms with Crippen LogP contribution in [0.2, 0.25) is 0 Å². The lowest BCUT2D eigenvalue weighted by Gasteiger charge is -2.37. The van der Waals surface area contributed by atoms with Crippen molar-refractivity contribution in [2.24, 2.45) is 0 Å². The Morgan fingerprint density at radius 1 is 1.00 bits per heavy atom. The molecule has 0 spiro atoms. The minimum atomic E-state index is -0.192. The predicted octanol–water partition coefficient (Wildman–Crippen LogP) is 3.11. The van der Waals surface area contributed by atoms with Crippen LogP contribution in [0.1, 0.15) is 36.1 Å². The number of fused-ring (bicyclic) bond motifs is 1. The molecular weight excluding hydrogens is 362 g/mol. The summed E-state index contributed by atoms with van der Waals surface area (Å²) in [5.74, 6) is 0.115. The van der Waals surface area contributed by atoms with E-state index in [1.807, 2.05) is 66.4 Å². The van der Waals surface area contributed by atoms with Crippen LogP contribution in [0.15, 0.2) is 54.6 Å². The van der Waals surface area contributed by atoms with Gasteiger partial charge in [0.2, 0.25) is 11.8 Å². The van der Waals surface area contributed by atoms with Crippen molar-refractivity contribution >= 4 is 11.8 Å². The van der Waals surface area contributed by atoms with Crippen molar-refractivity contribution in [3.05, 3.63) is 71.3 Å². The minimum Gasteiger partial charge on any atom is -0.337 e. The molecule has 5 heteroatoms. The summed E-state index contributed by atoms with van der Waals surface area (Å²) in [4.78, 5) is 31.5. The first-order chi connectivity index (χ1) is 14.0. The zero-order valence-electron chi connectivity index (χ0n) is 17.7. The van der Waals surface area contributed by atoms with Crippen LogP contribution in [0.25, 0.3) is 0 Å². The van der Waals surface area contributed by atoms with Gasteiger partial charge in [0.1, 0.15) is 0 Å². The van der Waals surface area contributed by atoms with Gasteiger partial charge in [-0.1, -0.05) is 54.6 Å². The topological polar surface area (TPSA) is 43.9 Å². The maximum Gasteiger partial charge on any atom is 0.225 e. The quantitative estimate of drug-likeness (QED) is 0.726. The highest BCUT2D eigenvalue weighted by atomic mass is 16.2. The van der Waals surface area contributed by atoms with Gasteiger partial charge in [0.15, 0.2) is 0 Å². The van der Waals surface area contributed by atoms with Gasteiger partial charge in [-0.2, -0.15) is 0 Å². The van der Waals surface area contributed by atoms with Gasteiger partial charge in [0, 0.05) is 33.1 Å². The second-order valence-electron chi connectivity index (χ2n) is 7.99. The van der Waals surface area contributed by atoms with Gasteiger partial charge >= 0.3 is 0 Å². The first-order valence-electron chi connectivity index (χ1n) is 10.3. The highest BCUT2D eigenvalue weighted by Gasteiger charge is 2.32. The minimum absolute atomic E-state index is 0.0280. The van der Waals surface area contributed by atoms with E-state index in [-0.39, 0.29) is 17.9 Å². The van der Waals surface area contributed by atoms with Crippen LogP contribution in [-0.4, -0.2) is 60.2 Å². The second kappa shape index (κ2) is 9.70. The molecule has 1 aliphatic rings. The van der Waals surface area contributed by atoms with Crippen LogP contribution in [0, 0.1) is 0 Å². The molecule has 2 amide bonds. The molecule has 0 saturated carbocycles. The molecule has 0 radical (unpaired) electrons.